The number of sulfonamides is 1. The van der Waals surface area contributed by atoms with E-state index in [1.54, 1.807) is 0 Å². The largest absolute Gasteiger partial charge is 0.314 e. The van der Waals surface area contributed by atoms with E-state index in [1.807, 2.05) is 5.01 Å². The molecule has 1 aliphatic heterocycles. The second-order valence-electron chi connectivity index (χ2n) is 4.92. The number of hydrogen-bond donors (Lipinski definition) is 2. The molecule has 0 amide bonds. The lowest BCUT2D eigenvalue weighted by atomic mass is 10.2. The molecule has 1 rings (SSSR count). The predicted molar refractivity (Wildman–Crippen MR) is 70.1 cm³/mol. The van der Waals surface area contributed by atoms with Crippen LogP contribution in [-0.2, 0) is 10.0 Å². The molecular weight excluding hydrogens is 238 g/mol. The summed E-state index contributed by atoms with van der Waals surface area (Å²) in [4.78, 5) is 2.66. The molecule has 0 spiro atoms. The average molecular weight is 263 g/mol. The van der Waals surface area contributed by atoms with Crippen LogP contribution in [0.2, 0.25) is 0 Å². The molecule has 17 heavy (non-hydrogen) atoms. The summed E-state index contributed by atoms with van der Waals surface area (Å²) in [6, 6.07) is 0.410. The van der Waals surface area contributed by atoms with E-state index in [1.165, 1.54) is 6.42 Å². The minimum atomic E-state index is -3.14. The molecule has 0 atom stereocenters. The van der Waals surface area contributed by atoms with Gasteiger partial charge in [0.25, 0.3) is 0 Å². The van der Waals surface area contributed by atoms with Gasteiger partial charge in [0.15, 0.2) is 0 Å². The van der Waals surface area contributed by atoms with Crippen LogP contribution in [0.15, 0.2) is 0 Å². The minimum absolute atomic E-state index is 0.198. The van der Waals surface area contributed by atoms with Crippen molar-refractivity contribution in [3.8, 4) is 0 Å². The van der Waals surface area contributed by atoms with Crippen LogP contribution in [0.25, 0.3) is 0 Å². The number of piperidine rings is 1. The SMILES string of the molecule is CC(C)NCCCS(=O)(=O)NN1CCCCC1. The highest BCUT2D eigenvalue weighted by Crippen LogP contribution is 2.06. The zero-order chi connectivity index (χ0) is 12.7. The van der Waals surface area contributed by atoms with Crippen molar-refractivity contribution in [2.75, 3.05) is 25.4 Å². The van der Waals surface area contributed by atoms with E-state index < -0.39 is 10.0 Å². The summed E-state index contributed by atoms with van der Waals surface area (Å²) in [6.07, 6.45) is 4.02. The first-order valence-corrected chi connectivity index (χ1v) is 8.13. The zero-order valence-electron chi connectivity index (χ0n) is 10.9. The van der Waals surface area contributed by atoms with Crippen molar-refractivity contribution in [3.05, 3.63) is 0 Å². The van der Waals surface area contributed by atoms with Crippen LogP contribution in [0.5, 0.6) is 0 Å². The lowest BCUT2D eigenvalue weighted by Gasteiger charge is -2.26. The topological polar surface area (TPSA) is 61.4 Å². The first kappa shape index (κ1) is 14.9. The Kier molecular flexibility index (Phi) is 6.40. The predicted octanol–water partition coefficient (Wildman–Crippen LogP) is 0.695. The highest BCUT2D eigenvalue weighted by Gasteiger charge is 2.17. The summed E-state index contributed by atoms with van der Waals surface area (Å²) < 4.78 is 23.5. The lowest BCUT2D eigenvalue weighted by molar-refractivity contribution is 0.200. The Labute approximate surface area is 105 Å². The molecule has 5 nitrogen and oxygen atoms in total. The molecule has 1 heterocycles. The molecule has 0 unspecified atom stereocenters. The lowest BCUT2D eigenvalue weighted by Crippen LogP contribution is -2.46. The van der Waals surface area contributed by atoms with Gasteiger partial charge in [0.2, 0.25) is 10.0 Å². The Balaban J connectivity index is 2.20. The molecule has 0 aromatic heterocycles. The second kappa shape index (κ2) is 7.31. The molecule has 1 fully saturated rings. The van der Waals surface area contributed by atoms with E-state index in [2.05, 4.69) is 24.0 Å². The van der Waals surface area contributed by atoms with Crippen molar-refractivity contribution < 1.29 is 8.42 Å². The van der Waals surface area contributed by atoms with Crippen molar-refractivity contribution in [3.63, 3.8) is 0 Å². The molecule has 102 valence electrons. The molecule has 0 saturated carbocycles. The van der Waals surface area contributed by atoms with Crippen LogP contribution in [0.3, 0.4) is 0 Å². The average Bonchev–Trinajstić information content (AvgIpc) is 2.25. The fourth-order valence-corrected chi connectivity index (χ4v) is 3.07. The van der Waals surface area contributed by atoms with Gasteiger partial charge in [-0.25, -0.2) is 13.4 Å². The summed E-state index contributed by atoms with van der Waals surface area (Å²) in [5, 5.41) is 5.04. The smallest absolute Gasteiger partial charge is 0.224 e. The van der Waals surface area contributed by atoms with E-state index in [0.29, 0.717) is 12.5 Å². The van der Waals surface area contributed by atoms with Crippen molar-refractivity contribution in [2.24, 2.45) is 0 Å². The Hall–Kier alpha value is -0.170. The Morgan fingerprint density at radius 2 is 1.82 bits per heavy atom. The summed E-state index contributed by atoms with van der Waals surface area (Å²) in [7, 11) is -3.14. The van der Waals surface area contributed by atoms with Crippen molar-refractivity contribution >= 4 is 10.0 Å². The van der Waals surface area contributed by atoms with Gasteiger partial charge >= 0.3 is 0 Å². The molecule has 1 saturated heterocycles. The number of hydrogen-bond acceptors (Lipinski definition) is 4. The van der Waals surface area contributed by atoms with Crippen LogP contribution in [-0.4, -0.2) is 44.9 Å². The highest BCUT2D eigenvalue weighted by atomic mass is 32.2. The fourth-order valence-electron chi connectivity index (χ4n) is 1.88. The summed E-state index contributed by atoms with van der Waals surface area (Å²) in [5.41, 5.74) is 0. The molecule has 0 radical (unpaired) electrons. The quantitative estimate of drug-likeness (QED) is 0.664. The summed E-state index contributed by atoms with van der Waals surface area (Å²) in [6.45, 7) is 6.53. The maximum atomic E-state index is 11.8. The highest BCUT2D eigenvalue weighted by molar-refractivity contribution is 7.89. The van der Waals surface area contributed by atoms with Gasteiger partial charge in [-0.3, -0.25) is 0 Å². The van der Waals surface area contributed by atoms with Gasteiger partial charge < -0.3 is 5.32 Å². The number of rotatable bonds is 7. The van der Waals surface area contributed by atoms with Crippen LogP contribution in [0.1, 0.15) is 39.5 Å². The van der Waals surface area contributed by atoms with E-state index in [0.717, 1.165) is 32.5 Å². The first-order chi connectivity index (χ1) is 7.99. The third-order valence-corrected chi connectivity index (χ3v) is 4.13. The van der Waals surface area contributed by atoms with E-state index in [-0.39, 0.29) is 5.75 Å². The van der Waals surface area contributed by atoms with E-state index >= 15 is 0 Å². The summed E-state index contributed by atoms with van der Waals surface area (Å²) in [5.74, 6) is 0.198. The van der Waals surface area contributed by atoms with Crippen LogP contribution >= 0.6 is 0 Å². The van der Waals surface area contributed by atoms with Crippen LogP contribution in [0.4, 0.5) is 0 Å². The number of nitrogens with one attached hydrogen (secondary N) is 2. The van der Waals surface area contributed by atoms with Gasteiger partial charge in [-0.2, -0.15) is 0 Å². The maximum absolute atomic E-state index is 11.8. The van der Waals surface area contributed by atoms with Gasteiger partial charge in [-0.15, -0.1) is 4.83 Å². The maximum Gasteiger partial charge on any atom is 0.224 e. The standard InChI is InChI=1S/C11H25N3O2S/c1-11(2)12-7-6-10-17(15,16)13-14-8-4-3-5-9-14/h11-13H,3-10H2,1-2H3. The third-order valence-electron chi connectivity index (χ3n) is 2.77. The monoisotopic (exact) mass is 263 g/mol. The fraction of sp³-hybridized carbons (Fsp3) is 1.00. The molecule has 0 aliphatic carbocycles. The van der Waals surface area contributed by atoms with Crippen molar-refractivity contribution in [1.29, 1.82) is 0 Å². The van der Waals surface area contributed by atoms with E-state index in [9.17, 15) is 8.42 Å². The normalized spacial score (nSPS) is 18.8. The summed E-state index contributed by atoms with van der Waals surface area (Å²) >= 11 is 0. The molecule has 6 heteroatoms. The van der Waals surface area contributed by atoms with Gasteiger partial charge in [-0.05, 0) is 25.8 Å². The van der Waals surface area contributed by atoms with E-state index in [4.69, 9.17) is 0 Å². The molecule has 1 aliphatic rings. The van der Waals surface area contributed by atoms with Gasteiger partial charge in [0.05, 0.1) is 5.75 Å². The number of nitrogens with zero attached hydrogens (tertiary/aromatic N) is 1. The van der Waals surface area contributed by atoms with Crippen molar-refractivity contribution in [1.82, 2.24) is 15.2 Å². The van der Waals surface area contributed by atoms with Crippen LogP contribution in [0, 0.1) is 0 Å². The Bertz CT molecular complexity index is 298. The van der Waals surface area contributed by atoms with Gasteiger partial charge in [0, 0.05) is 19.1 Å². The first-order valence-electron chi connectivity index (χ1n) is 6.48. The Morgan fingerprint density at radius 1 is 1.18 bits per heavy atom. The number of hydrazine groups is 1. The van der Waals surface area contributed by atoms with Crippen molar-refractivity contribution in [2.45, 2.75) is 45.6 Å². The zero-order valence-corrected chi connectivity index (χ0v) is 11.7. The second-order valence-corrected chi connectivity index (χ2v) is 6.74. The molecule has 0 bridgehead atoms. The molecular formula is C11H25N3O2S. The Morgan fingerprint density at radius 3 is 2.41 bits per heavy atom. The van der Waals surface area contributed by atoms with Gasteiger partial charge in [-0.1, -0.05) is 20.3 Å². The van der Waals surface area contributed by atoms with Crippen LogP contribution < -0.4 is 10.1 Å². The molecule has 0 aromatic rings. The minimum Gasteiger partial charge on any atom is -0.314 e. The molecule has 2 N–H and O–H groups in total. The molecule has 0 aromatic carbocycles. The van der Waals surface area contributed by atoms with Gasteiger partial charge in [0.1, 0.15) is 0 Å². The third kappa shape index (κ3) is 6.98.